The number of ketones is 1. The summed E-state index contributed by atoms with van der Waals surface area (Å²) in [6.45, 7) is 7.30. The lowest BCUT2D eigenvalue weighted by Crippen LogP contribution is -2.16. The van der Waals surface area contributed by atoms with Gasteiger partial charge in [-0.25, -0.2) is 9.48 Å². The Bertz CT molecular complexity index is 737. The minimum absolute atomic E-state index is 0.117. The Morgan fingerprint density at radius 1 is 1.39 bits per heavy atom. The molecular weight excluding hydrogens is 318 g/mol. The van der Waals surface area contributed by atoms with Gasteiger partial charge in [0, 0.05) is 12.7 Å². The number of esters is 1. The first-order valence-corrected chi connectivity index (χ1v) is 8.04. The van der Waals surface area contributed by atoms with Crippen LogP contribution in [-0.4, -0.2) is 48.8 Å². The van der Waals surface area contributed by atoms with E-state index < -0.39 is 11.2 Å². The quantitative estimate of drug-likeness (QED) is 0.486. The molecule has 0 fully saturated rings. The van der Waals surface area contributed by atoms with Gasteiger partial charge in [-0.05, 0) is 43.7 Å². The van der Waals surface area contributed by atoms with Crippen molar-refractivity contribution in [2.24, 2.45) is 7.05 Å². The molecule has 0 saturated heterocycles. The number of rotatable bonds is 6. The monoisotopic (exact) mass is 337 g/mol. The van der Waals surface area contributed by atoms with Gasteiger partial charge in [0.1, 0.15) is 0 Å². The normalized spacial score (nSPS) is 12.2. The van der Waals surface area contributed by atoms with Crippen molar-refractivity contribution in [2.45, 2.75) is 38.1 Å². The highest BCUT2D eigenvalue weighted by Crippen LogP contribution is 2.26. The number of hydrogen-bond donors (Lipinski definition) is 1. The molecule has 1 N–H and O–H groups in total. The summed E-state index contributed by atoms with van der Waals surface area (Å²) in [5, 5.41) is 11.3. The molecule has 0 aliphatic heterocycles. The van der Waals surface area contributed by atoms with Crippen molar-refractivity contribution in [2.75, 3.05) is 6.61 Å². The molecule has 8 nitrogen and oxygen atoms in total. The molecule has 2 aromatic rings. The maximum absolute atomic E-state index is 12.7. The summed E-state index contributed by atoms with van der Waals surface area (Å²) in [5.74, 6) is -0.537. The van der Waals surface area contributed by atoms with Crippen molar-refractivity contribution in [3.8, 4) is 0 Å². The number of nitrogens with one attached hydrogen (secondary N) is 1. The highest BCUT2D eigenvalue weighted by atomic mass is 32.2. The van der Waals surface area contributed by atoms with Crippen LogP contribution < -0.4 is 0 Å². The molecule has 0 radical (unpaired) electrons. The maximum Gasteiger partial charge on any atom is 0.340 e. The van der Waals surface area contributed by atoms with Gasteiger partial charge in [0.15, 0.2) is 5.78 Å². The number of ether oxygens (including phenoxy) is 1. The predicted molar refractivity (Wildman–Crippen MR) is 84.7 cm³/mol. The lowest BCUT2D eigenvalue weighted by Gasteiger charge is -2.08. The summed E-state index contributed by atoms with van der Waals surface area (Å²) in [4.78, 5) is 27.7. The predicted octanol–water partition coefficient (Wildman–Crippen LogP) is 1.70. The van der Waals surface area contributed by atoms with E-state index in [4.69, 9.17) is 4.74 Å². The van der Waals surface area contributed by atoms with Crippen LogP contribution in [0.4, 0.5) is 0 Å². The molecule has 0 aliphatic carbocycles. The van der Waals surface area contributed by atoms with E-state index in [1.807, 2.05) is 0 Å². The van der Waals surface area contributed by atoms with Gasteiger partial charge < -0.3 is 9.72 Å². The summed E-state index contributed by atoms with van der Waals surface area (Å²) in [5.41, 5.74) is 2.07. The molecule has 23 heavy (non-hydrogen) atoms. The van der Waals surface area contributed by atoms with Gasteiger partial charge in [-0.15, -0.1) is 5.10 Å². The van der Waals surface area contributed by atoms with Crippen molar-refractivity contribution in [1.82, 2.24) is 25.2 Å². The summed E-state index contributed by atoms with van der Waals surface area (Å²) < 4.78 is 6.54. The molecule has 0 spiro atoms. The van der Waals surface area contributed by atoms with Crippen LogP contribution in [0, 0.1) is 13.8 Å². The Hall–Kier alpha value is -2.16. The lowest BCUT2D eigenvalue weighted by atomic mass is 10.1. The maximum atomic E-state index is 12.7. The van der Waals surface area contributed by atoms with Crippen molar-refractivity contribution in [3.05, 3.63) is 22.5 Å². The fourth-order valence-corrected chi connectivity index (χ4v) is 3.06. The second kappa shape index (κ2) is 6.95. The molecule has 0 aromatic carbocycles. The number of hydrogen-bond acceptors (Lipinski definition) is 7. The fraction of sp³-hybridized carbons (Fsp3) is 0.500. The number of Topliss-reactive ketones (excluding diaryl/α,β-unsaturated/α-hetero) is 1. The van der Waals surface area contributed by atoms with Crippen LogP contribution in [0.3, 0.4) is 0 Å². The Morgan fingerprint density at radius 2 is 2.09 bits per heavy atom. The summed E-state index contributed by atoms with van der Waals surface area (Å²) in [6, 6.07) is 0. The highest BCUT2D eigenvalue weighted by Gasteiger charge is 2.27. The van der Waals surface area contributed by atoms with E-state index >= 15 is 0 Å². The highest BCUT2D eigenvalue weighted by molar-refractivity contribution is 8.00. The van der Waals surface area contributed by atoms with Crippen LogP contribution in [-0.2, 0) is 11.8 Å². The number of carbonyl (C=O) groups excluding carboxylic acids is 2. The van der Waals surface area contributed by atoms with Crippen molar-refractivity contribution < 1.29 is 14.3 Å². The van der Waals surface area contributed by atoms with Crippen LogP contribution in [0.5, 0.6) is 0 Å². The van der Waals surface area contributed by atoms with Crippen molar-refractivity contribution in [1.29, 1.82) is 0 Å². The van der Waals surface area contributed by atoms with E-state index in [2.05, 4.69) is 20.5 Å². The zero-order valence-corrected chi connectivity index (χ0v) is 14.5. The molecule has 0 amide bonds. The Balaban J connectivity index is 2.24. The molecule has 0 unspecified atom stereocenters. The SMILES string of the molecule is CCOC(=O)c1c(C)[nH]c(C(=O)[C@H](C)Sc2nnnn2C)c1C. The van der Waals surface area contributed by atoms with E-state index in [0.717, 1.165) is 0 Å². The van der Waals surface area contributed by atoms with Crippen LogP contribution in [0.25, 0.3) is 0 Å². The second-order valence-electron chi connectivity index (χ2n) is 5.05. The molecule has 2 rings (SSSR count). The molecule has 0 aliphatic rings. The smallest absolute Gasteiger partial charge is 0.340 e. The van der Waals surface area contributed by atoms with Gasteiger partial charge in [0.2, 0.25) is 5.16 Å². The van der Waals surface area contributed by atoms with Crippen molar-refractivity contribution >= 4 is 23.5 Å². The van der Waals surface area contributed by atoms with Gasteiger partial charge >= 0.3 is 5.97 Å². The average Bonchev–Trinajstić information content (AvgIpc) is 3.02. The Labute approximate surface area is 138 Å². The molecule has 2 aromatic heterocycles. The molecule has 0 saturated carbocycles. The van der Waals surface area contributed by atoms with Crippen LogP contribution >= 0.6 is 11.8 Å². The number of aromatic amines is 1. The first-order chi connectivity index (χ1) is 10.9. The van der Waals surface area contributed by atoms with Gasteiger partial charge in [-0.1, -0.05) is 11.8 Å². The fourth-order valence-electron chi connectivity index (χ4n) is 2.24. The molecule has 9 heteroatoms. The van der Waals surface area contributed by atoms with E-state index in [0.29, 0.717) is 27.7 Å². The molecule has 1 atom stereocenters. The third kappa shape index (κ3) is 3.44. The Morgan fingerprint density at radius 3 is 2.65 bits per heavy atom. The zero-order valence-electron chi connectivity index (χ0n) is 13.7. The Kier molecular flexibility index (Phi) is 5.19. The van der Waals surface area contributed by atoms with Gasteiger partial charge in [-0.3, -0.25) is 4.79 Å². The lowest BCUT2D eigenvalue weighted by molar-refractivity contribution is 0.0525. The van der Waals surface area contributed by atoms with Gasteiger partial charge in [-0.2, -0.15) is 0 Å². The molecule has 0 bridgehead atoms. The minimum atomic E-state index is -0.421. The number of nitrogens with zero attached hydrogens (tertiary/aromatic N) is 4. The minimum Gasteiger partial charge on any atom is -0.462 e. The standard InChI is InChI=1S/C14H19N5O3S/c1-6-22-13(21)10-7(2)11(15-8(10)3)12(20)9(4)23-14-16-17-18-19(14)5/h9,15H,6H2,1-5H3/t9-/m0/s1. The number of H-pyrrole nitrogens is 1. The summed E-state index contributed by atoms with van der Waals surface area (Å²) in [6.07, 6.45) is 0. The first kappa shape index (κ1) is 17.2. The van der Waals surface area contributed by atoms with Crippen LogP contribution in [0.1, 0.15) is 46.0 Å². The van der Waals surface area contributed by atoms with Gasteiger partial charge in [0.05, 0.1) is 23.1 Å². The molecule has 124 valence electrons. The van der Waals surface area contributed by atoms with E-state index in [1.165, 1.54) is 16.4 Å². The molecule has 2 heterocycles. The number of carbonyl (C=O) groups is 2. The topological polar surface area (TPSA) is 103 Å². The third-order valence-electron chi connectivity index (χ3n) is 3.40. The largest absolute Gasteiger partial charge is 0.462 e. The number of aromatic nitrogens is 5. The average molecular weight is 337 g/mol. The second-order valence-corrected chi connectivity index (χ2v) is 6.36. The number of aryl methyl sites for hydroxylation is 2. The van der Waals surface area contributed by atoms with E-state index in [1.54, 1.807) is 34.7 Å². The first-order valence-electron chi connectivity index (χ1n) is 7.16. The third-order valence-corrected chi connectivity index (χ3v) is 4.52. The van der Waals surface area contributed by atoms with Gasteiger partial charge in [0.25, 0.3) is 0 Å². The number of thioether (sulfide) groups is 1. The van der Waals surface area contributed by atoms with Crippen LogP contribution in [0.15, 0.2) is 5.16 Å². The zero-order chi connectivity index (χ0) is 17.1. The van der Waals surface area contributed by atoms with Crippen molar-refractivity contribution in [3.63, 3.8) is 0 Å². The summed E-state index contributed by atoms with van der Waals surface area (Å²) in [7, 11) is 1.71. The van der Waals surface area contributed by atoms with E-state index in [-0.39, 0.29) is 12.4 Å². The molecular formula is C14H19N5O3S. The van der Waals surface area contributed by atoms with E-state index in [9.17, 15) is 9.59 Å². The van der Waals surface area contributed by atoms with Crippen LogP contribution in [0.2, 0.25) is 0 Å². The summed E-state index contributed by atoms with van der Waals surface area (Å²) >= 11 is 1.26. The number of tetrazole rings is 1.